The summed E-state index contributed by atoms with van der Waals surface area (Å²) in [7, 11) is 1.25. The molecule has 0 aromatic carbocycles. The molecule has 2 N–H and O–H groups in total. The zero-order valence-corrected chi connectivity index (χ0v) is 49.9. The normalized spacial score (nSPS) is 14.4. The van der Waals surface area contributed by atoms with Gasteiger partial charge in [-0.3, -0.25) is 9.36 Å². The number of aliphatic hydroxyl groups excluding tert-OH is 1. The number of phosphoric acid groups is 1. The van der Waals surface area contributed by atoms with Crippen molar-refractivity contribution in [2.75, 3.05) is 40.9 Å². The second-order valence-electron chi connectivity index (χ2n) is 22.0. The second-order valence-corrected chi connectivity index (χ2v) is 23.4. The van der Waals surface area contributed by atoms with Crippen LogP contribution in [0.5, 0.6) is 0 Å². The maximum absolute atomic E-state index is 12.9. The number of amides is 1. The number of quaternary nitrogens is 1. The van der Waals surface area contributed by atoms with Crippen LogP contribution in [0.3, 0.4) is 0 Å². The summed E-state index contributed by atoms with van der Waals surface area (Å²) in [5.74, 6) is -0.206. The van der Waals surface area contributed by atoms with Gasteiger partial charge in [0.25, 0.3) is 7.82 Å². The van der Waals surface area contributed by atoms with Gasteiger partial charge in [-0.15, -0.1) is 0 Å². The average molecular weight is 1060 g/mol. The molecule has 0 saturated heterocycles. The van der Waals surface area contributed by atoms with Crippen LogP contribution in [0, 0.1) is 0 Å². The Labute approximate surface area is 458 Å². The number of hydrogen-bond donors (Lipinski definition) is 2. The van der Waals surface area contributed by atoms with Gasteiger partial charge in [-0.05, 0) is 77.0 Å². The van der Waals surface area contributed by atoms with Gasteiger partial charge in [0.15, 0.2) is 0 Å². The van der Waals surface area contributed by atoms with E-state index in [0.717, 1.165) is 70.6 Å². The molecule has 0 bridgehead atoms. The zero-order valence-electron chi connectivity index (χ0n) is 49.0. The summed E-state index contributed by atoms with van der Waals surface area (Å²) < 4.78 is 23.3. The monoisotopic (exact) mass is 1050 g/mol. The molecule has 0 aliphatic heterocycles. The largest absolute Gasteiger partial charge is 0.756 e. The Kier molecular flexibility index (Phi) is 53.7. The lowest BCUT2D eigenvalue weighted by atomic mass is 10.0. The van der Waals surface area contributed by atoms with Gasteiger partial charge < -0.3 is 28.8 Å². The Bertz CT molecular complexity index is 1480. The summed E-state index contributed by atoms with van der Waals surface area (Å²) in [6.45, 7) is 4.51. The average Bonchev–Trinajstić information content (AvgIpc) is 3.36. The summed E-state index contributed by atoms with van der Waals surface area (Å²) in [5.41, 5.74) is 0. The van der Waals surface area contributed by atoms with Crippen LogP contribution in [-0.4, -0.2) is 68.5 Å². The van der Waals surface area contributed by atoms with Gasteiger partial charge in [-0.1, -0.05) is 272 Å². The molecule has 3 atom stereocenters. The predicted molar refractivity (Wildman–Crippen MR) is 320 cm³/mol. The molecule has 0 heterocycles. The highest BCUT2D eigenvalue weighted by Crippen LogP contribution is 2.38. The first-order chi connectivity index (χ1) is 36.0. The standard InChI is InChI=1S/C65H119N2O6P/c1-6-8-10-12-14-16-18-20-21-22-23-24-25-26-27-28-29-30-31-32-33-34-35-36-37-38-39-40-41-42-43-44-45-47-49-51-53-55-57-59-65(69)66-63(62-73-74(70,71)72-61-60-67(3,4)5)64(68)58-56-54-52-50-48-46-19-17-15-13-11-9-7-2/h8,10,14,16,20-21,23-24,26-27,48,50,56,58,63-64,68H,6-7,9,11-13,15,17-19,22,25,28-47,49,51-55,57,59-62H2,1-5H3,(H-,66,69,70,71)/b10-8-,16-14-,21-20-,24-23-,27-26-,50-48+,58-56+. The van der Waals surface area contributed by atoms with E-state index < -0.39 is 26.6 Å². The van der Waals surface area contributed by atoms with Gasteiger partial charge >= 0.3 is 0 Å². The fourth-order valence-electron chi connectivity index (χ4n) is 8.79. The highest BCUT2D eigenvalue weighted by molar-refractivity contribution is 7.45. The van der Waals surface area contributed by atoms with E-state index in [2.05, 4.69) is 92.1 Å². The van der Waals surface area contributed by atoms with Gasteiger partial charge in [0, 0.05) is 6.42 Å². The topological polar surface area (TPSA) is 108 Å². The van der Waals surface area contributed by atoms with Gasteiger partial charge in [0.05, 0.1) is 39.9 Å². The molecule has 3 unspecified atom stereocenters. The van der Waals surface area contributed by atoms with E-state index in [4.69, 9.17) is 9.05 Å². The van der Waals surface area contributed by atoms with E-state index in [9.17, 15) is 19.4 Å². The number of phosphoric ester groups is 1. The third kappa shape index (κ3) is 57.4. The van der Waals surface area contributed by atoms with Gasteiger partial charge in [-0.2, -0.15) is 0 Å². The Morgan fingerprint density at radius 1 is 0.486 bits per heavy atom. The van der Waals surface area contributed by atoms with Crippen molar-refractivity contribution in [2.45, 2.75) is 283 Å². The van der Waals surface area contributed by atoms with Crippen molar-refractivity contribution in [3.63, 3.8) is 0 Å². The van der Waals surface area contributed by atoms with E-state index in [1.165, 1.54) is 180 Å². The number of allylic oxidation sites excluding steroid dienone is 13. The zero-order chi connectivity index (χ0) is 54.2. The van der Waals surface area contributed by atoms with Crippen molar-refractivity contribution in [1.29, 1.82) is 0 Å². The molecular weight excluding hydrogens is 936 g/mol. The number of carbonyl (C=O) groups is 1. The van der Waals surface area contributed by atoms with E-state index in [1.807, 2.05) is 27.2 Å². The van der Waals surface area contributed by atoms with Crippen molar-refractivity contribution in [3.05, 3.63) is 85.1 Å². The molecule has 74 heavy (non-hydrogen) atoms. The minimum absolute atomic E-state index is 0.00710. The number of nitrogens with zero attached hydrogens (tertiary/aromatic N) is 1. The minimum atomic E-state index is -4.60. The minimum Gasteiger partial charge on any atom is -0.756 e. The molecule has 0 aromatic rings. The molecule has 0 aliphatic carbocycles. The fraction of sp³-hybridized carbons (Fsp3) is 0.769. The molecule has 0 saturated carbocycles. The van der Waals surface area contributed by atoms with Crippen molar-refractivity contribution in [3.8, 4) is 0 Å². The first-order valence-electron chi connectivity index (χ1n) is 30.9. The van der Waals surface area contributed by atoms with Crippen LogP contribution in [0.2, 0.25) is 0 Å². The molecule has 9 heteroatoms. The van der Waals surface area contributed by atoms with Crippen LogP contribution in [-0.2, 0) is 18.4 Å². The third-order valence-corrected chi connectivity index (χ3v) is 14.6. The number of carbonyl (C=O) groups excluding carboxylic acids is 1. The lowest BCUT2D eigenvalue weighted by molar-refractivity contribution is -0.870. The summed E-state index contributed by atoms with van der Waals surface area (Å²) in [5, 5.41) is 13.8. The van der Waals surface area contributed by atoms with E-state index in [0.29, 0.717) is 17.4 Å². The van der Waals surface area contributed by atoms with Crippen LogP contribution >= 0.6 is 7.82 Å². The van der Waals surface area contributed by atoms with Gasteiger partial charge in [0.1, 0.15) is 13.2 Å². The van der Waals surface area contributed by atoms with Crippen LogP contribution < -0.4 is 10.2 Å². The Morgan fingerprint density at radius 3 is 1.26 bits per heavy atom. The number of hydrogen-bond acceptors (Lipinski definition) is 6. The molecule has 430 valence electrons. The van der Waals surface area contributed by atoms with Crippen molar-refractivity contribution < 1.29 is 32.9 Å². The first kappa shape index (κ1) is 71.7. The Hall–Kier alpha value is -2.32. The van der Waals surface area contributed by atoms with Crippen LogP contribution in [0.25, 0.3) is 0 Å². The smallest absolute Gasteiger partial charge is 0.268 e. The molecule has 0 radical (unpaired) electrons. The third-order valence-electron chi connectivity index (χ3n) is 13.6. The van der Waals surface area contributed by atoms with Crippen molar-refractivity contribution in [1.82, 2.24) is 5.32 Å². The van der Waals surface area contributed by atoms with Crippen LogP contribution in [0.1, 0.15) is 271 Å². The van der Waals surface area contributed by atoms with Gasteiger partial charge in [-0.25, -0.2) is 0 Å². The molecule has 0 spiro atoms. The summed E-state index contributed by atoms with van der Waals surface area (Å²) in [6.07, 6.45) is 78.4. The van der Waals surface area contributed by atoms with Crippen molar-refractivity contribution in [2.24, 2.45) is 0 Å². The van der Waals surface area contributed by atoms with E-state index in [-0.39, 0.29) is 12.5 Å². The number of nitrogens with one attached hydrogen (secondary N) is 1. The number of unbranched alkanes of at least 4 members (excludes halogenated alkanes) is 31. The second kappa shape index (κ2) is 55.4. The highest BCUT2D eigenvalue weighted by Gasteiger charge is 2.23. The van der Waals surface area contributed by atoms with Gasteiger partial charge in [0.2, 0.25) is 5.91 Å². The van der Waals surface area contributed by atoms with E-state index in [1.54, 1.807) is 6.08 Å². The Morgan fingerprint density at radius 2 is 0.838 bits per heavy atom. The van der Waals surface area contributed by atoms with E-state index >= 15 is 0 Å². The summed E-state index contributed by atoms with van der Waals surface area (Å²) in [4.78, 5) is 25.5. The molecule has 0 rings (SSSR count). The quantitative estimate of drug-likeness (QED) is 0.0272. The summed E-state index contributed by atoms with van der Waals surface area (Å²) in [6, 6.07) is -0.904. The SMILES string of the molecule is CC/C=C\C/C=C\C/C=C\C/C=C\C/C=C\CCCCCCCCCCCCCCCCCCCCCCCCCC(=O)NC(COP(=O)([O-])OCC[N+](C)(C)C)C(O)/C=C/CC/C=C/CCCCCCCCC. The first-order valence-corrected chi connectivity index (χ1v) is 32.4. The highest BCUT2D eigenvalue weighted by atomic mass is 31.2. The predicted octanol–water partition coefficient (Wildman–Crippen LogP) is 18.6. The number of likely N-dealkylation sites (N-methyl/N-ethyl adjacent to an activating group) is 1. The van der Waals surface area contributed by atoms with Crippen LogP contribution in [0.4, 0.5) is 0 Å². The van der Waals surface area contributed by atoms with Crippen molar-refractivity contribution >= 4 is 13.7 Å². The molecule has 0 aromatic heterocycles. The summed E-state index contributed by atoms with van der Waals surface area (Å²) >= 11 is 0. The Balaban J connectivity index is 3.92. The maximum Gasteiger partial charge on any atom is 0.268 e. The fourth-order valence-corrected chi connectivity index (χ4v) is 9.51. The molecule has 0 fully saturated rings. The maximum atomic E-state index is 12.9. The van der Waals surface area contributed by atoms with Crippen LogP contribution in [0.15, 0.2) is 85.1 Å². The molecule has 0 aliphatic rings. The lowest BCUT2D eigenvalue weighted by Gasteiger charge is -2.29. The molecule has 1 amide bonds. The molecular formula is C65H119N2O6P. The lowest BCUT2D eigenvalue weighted by Crippen LogP contribution is -2.45. The number of rotatable bonds is 56. The molecule has 8 nitrogen and oxygen atoms in total. The number of aliphatic hydroxyl groups is 1.